The molecule has 0 radical (unpaired) electrons. The third-order valence-corrected chi connectivity index (χ3v) is 8.54. The van der Waals surface area contributed by atoms with Crippen LogP contribution in [0.25, 0.3) is 10.8 Å². The third-order valence-electron chi connectivity index (χ3n) is 6.68. The van der Waals surface area contributed by atoms with E-state index in [0.717, 1.165) is 16.3 Å². The van der Waals surface area contributed by atoms with Crippen LogP contribution < -0.4 is 14.4 Å². The number of sulfonamides is 1. The number of rotatable bonds is 11. The summed E-state index contributed by atoms with van der Waals surface area (Å²) in [6.45, 7) is 4.64. The first-order valence-electron chi connectivity index (χ1n) is 12.6. The van der Waals surface area contributed by atoms with Crippen LogP contribution in [0.3, 0.4) is 0 Å². The van der Waals surface area contributed by atoms with Gasteiger partial charge in [0.2, 0.25) is 11.8 Å². The van der Waals surface area contributed by atoms with Gasteiger partial charge in [-0.1, -0.05) is 43.3 Å². The van der Waals surface area contributed by atoms with Crippen molar-refractivity contribution in [3.8, 4) is 5.75 Å². The summed E-state index contributed by atoms with van der Waals surface area (Å²) in [5.74, 6) is 0.317. The molecule has 3 aromatic rings. The summed E-state index contributed by atoms with van der Waals surface area (Å²) >= 11 is 0. The second-order valence-corrected chi connectivity index (χ2v) is 10.8. The molecule has 1 heterocycles. The Kier molecular flexibility index (Phi) is 8.02. The molecule has 0 saturated heterocycles. The fourth-order valence-corrected chi connectivity index (χ4v) is 6.60. The first-order valence-corrected chi connectivity index (χ1v) is 14.0. The van der Waals surface area contributed by atoms with Gasteiger partial charge >= 0.3 is 0 Å². The summed E-state index contributed by atoms with van der Waals surface area (Å²) in [6.07, 6.45) is 0.906. The number of carbonyl (C=O) groups is 2. The Morgan fingerprint density at radius 1 is 1.03 bits per heavy atom. The Morgan fingerprint density at radius 2 is 1.73 bits per heavy atom. The van der Waals surface area contributed by atoms with Crippen molar-refractivity contribution >= 4 is 38.3 Å². The van der Waals surface area contributed by atoms with Crippen LogP contribution in [0.2, 0.25) is 0 Å². The normalized spacial score (nSPS) is 14.4. The summed E-state index contributed by atoms with van der Waals surface area (Å²) in [5.41, 5.74) is 1.52. The third kappa shape index (κ3) is 5.27. The molecule has 0 unspecified atom stereocenters. The van der Waals surface area contributed by atoms with E-state index < -0.39 is 16.1 Å². The van der Waals surface area contributed by atoms with Crippen molar-refractivity contribution in [2.45, 2.75) is 50.6 Å². The van der Waals surface area contributed by atoms with Crippen LogP contribution in [-0.2, 0) is 26.2 Å². The Labute approximate surface area is 218 Å². The molecule has 0 bridgehead atoms. The van der Waals surface area contributed by atoms with E-state index in [9.17, 15) is 18.0 Å². The zero-order valence-corrected chi connectivity index (χ0v) is 22.3. The van der Waals surface area contributed by atoms with Crippen LogP contribution in [0.1, 0.15) is 38.7 Å². The minimum absolute atomic E-state index is 0.115. The van der Waals surface area contributed by atoms with Gasteiger partial charge in [0, 0.05) is 31.4 Å². The summed E-state index contributed by atoms with van der Waals surface area (Å²) in [6, 6.07) is 17.6. The highest BCUT2D eigenvalue weighted by molar-refractivity contribution is 7.93. The Morgan fingerprint density at radius 3 is 2.38 bits per heavy atom. The lowest BCUT2D eigenvalue weighted by molar-refractivity contribution is -0.141. The lowest BCUT2D eigenvalue weighted by Gasteiger charge is -2.31. The number of carbonyl (C=O) groups excluding carboxylic acids is 2. The molecule has 0 spiro atoms. The standard InChI is InChI=1S/C28H33N3O5S/c1-4-23(28(33)29-5-2)30(19-20-14-16-22(36-3)17-15-20)26(32)13-8-18-31-24-11-6-9-21-10-7-12-25(27(21)24)37(31,34)35/h6-7,9-12,14-17,23H,4-5,8,13,18-19H2,1-3H3,(H,29,33)/t23-/m1/s1. The molecule has 0 fully saturated rings. The molecular weight excluding hydrogens is 490 g/mol. The minimum Gasteiger partial charge on any atom is -0.497 e. The van der Waals surface area contributed by atoms with Crippen LogP contribution in [0.5, 0.6) is 5.75 Å². The zero-order chi connectivity index (χ0) is 26.6. The van der Waals surface area contributed by atoms with E-state index in [0.29, 0.717) is 35.7 Å². The molecule has 1 atom stereocenters. The van der Waals surface area contributed by atoms with Gasteiger partial charge in [-0.3, -0.25) is 13.9 Å². The maximum Gasteiger partial charge on any atom is 0.265 e. The zero-order valence-electron chi connectivity index (χ0n) is 21.4. The van der Waals surface area contributed by atoms with E-state index in [1.54, 1.807) is 30.2 Å². The lowest BCUT2D eigenvalue weighted by atomic mass is 10.1. The highest BCUT2D eigenvalue weighted by atomic mass is 32.2. The SMILES string of the molecule is CCNC(=O)[C@@H](CC)N(Cc1ccc(OC)cc1)C(=O)CCCN1c2cccc3cccc(c23)S1(=O)=O. The summed E-state index contributed by atoms with van der Waals surface area (Å²) in [4.78, 5) is 28.2. The van der Waals surface area contributed by atoms with Crippen LogP contribution in [-0.4, -0.2) is 51.4 Å². The van der Waals surface area contributed by atoms with Crippen LogP contribution in [0.15, 0.2) is 65.6 Å². The number of benzene rings is 3. The second kappa shape index (κ2) is 11.2. The number of anilines is 1. The minimum atomic E-state index is -3.68. The number of nitrogens with zero attached hydrogens (tertiary/aromatic N) is 2. The molecular formula is C28H33N3O5S. The van der Waals surface area contributed by atoms with Crippen molar-refractivity contribution in [1.82, 2.24) is 10.2 Å². The molecule has 8 nitrogen and oxygen atoms in total. The van der Waals surface area contributed by atoms with Gasteiger partial charge in [-0.15, -0.1) is 0 Å². The van der Waals surface area contributed by atoms with Crippen molar-refractivity contribution in [2.24, 2.45) is 0 Å². The molecule has 37 heavy (non-hydrogen) atoms. The molecule has 3 aromatic carbocycles. The predicted molar refractivity (Wildman–Crippen MR) is 144 cm³/mol. The number of methoxy groups -OCH3 is 1. The lowest BCUT2D eigenvalue weighted by Crippen LogP contribution is -2.49. The first kappa shape index (κ1) is 26.5. The van der Waals surface area contributed by atoms with Crippen LogP contribution in [0, 0.1) is 0 Å². The van der Waals surface area contributed by atoms with Gasteiger partial charge in [-0.05, 0) is 55.0 Å². The van der Waals surface area contributed by atoms with Crippen molar-refractivity contribution in [3.05, 3.63) is 66.2 Å². The summed E-state index contributed by atoms with van der Waals surface area (Å²) in [7, 11) is -2.09. The molecule has 0 aliphatic carbocycles. The monoisotopic (exact) mass is 523 g/mol. The second-order valence-electron chi connectivity index (χ2n) is 9.00. The number of ether oxygens (including phenoxy) is 1. The Balaban J connectivity index is 1.51. The van der Waals surface area contributed by atoms with Gasteiger partial charge in [0.15, 0.2) is 0 Å². The largest absolute Gasteiger partial charge is 0.497 e. The van der Waals surface area contributed by atoms with Crippen molar-refractivity contribution < 1.29 is 22.7 Å². The van der Waals surface area contributed by atoms with Crippen LogP contribution in [0.4, 0.5) is 5.69 Å². The number of likely N-dealkylation sites (N-methyl/N-ethyl adjacent to an activating group) is 1. The number of amides is 2. The van der Waals surface area contributed by atoms with Gasteiger partial charge in [-0.2, -0.15) is 0 Å². The van der Waals surface area contributed by atoms with E-state index in [-0.39, 0.29) is 31.3 Å². The van der Waals surface area contributed by atoms with E-state index in [1.807, 2.05) is 56.3 Å². The molecule has 9 heteroatoms. The summed E-state index contributed by atoms with van der Waals surface area (Å²) in [5, 5.41) is 4.42. The molecule has 0 aromatic heterocycles. The molecule has 1 aliphatic rings. The maximum absolute atomic E-state index is 13.5. The number of hydrogen-bond donors (Lipinski definition) is 1. The Bertz CT molecular complexity index is 1380. The van der Waals surface area contributed by atoms with Crippen molar-refractivity contribution in [3.63, 3.8) is 0 Å². The quantitative estimate of drug-likeness (QED) is 0.409. The fraction of sp³-hybridized carbons (Fsp3) is 0.357. The topological polar surface area (TPSA) is 96.0 Å². The number of hydrogen-bond acceptors (Lipinski definition) is 5. The molecule has 0 saturated carbocycles. The van der Waals surface area contributed by atoms with Gasteiger partial charge < -0.3 is 15.0 Å². The van der Waals surface area contributed by atoms with E-state index in [2.05, 4.69) is 5.32 Å². The van der Waals surface area contributed by atoms with Crippen molar-refractivity contribution in [2.75, 3.05) is 24.5 Å². The van der Waals surface area contributed by atoms with Gasteiger partial charge in [0.1, 0.15) is 11.8 Å². The fourth-order valence-electron chi connectivity index (χ4n) is 4.86. The number of nitrogens with one attached hydrogen (secondary N) is 1. The molecule has 4 rings (SSSR count). The highest BCUT2D eigenvalue weighted by Gasteiger charge is 2.35. The Hall–Kier alpha value is -3.59. The first-order chi connectivity index (χ1) is 17.8. The maximum atomic E-state index is 13.5. The highest BCUT2D eigenvalue weighted by Crippen LogP contribution is 2.42. The van der Waals surface area contributed by atoms with Gasteiger partial charge in [-0.25, -0.2) is 8.42 Å². The van der Waals surface area contributed by atoms with E-state index in [4.69, 9.17) is 4.74 Å². The van der Waals surface area contributed by atoms with E-state index >= 15 is 0 Å². The molecule has 196 valence electrons. The predicted octanol–water partition coefficient (Wildman–Crippen LogP) is 4.08. The smallest absolute Gasteiger partial charge is 0.265 e. The van der Waals surface area contributed by atoms with Gasteiger partial charge in [0.25, 0.3) is 10.0 Å². The van der Waals surface area contributed by atoms with E-state index in [1.165, 1.54) is 4.31 Å². The molecule has 1 N–H and O–H groups in total. The average molecular weight is 524 g/mol. The van der Waals surface area contributed by atoms with Crippen LogP contribution >= 0.6 is 0 Å². The summed E-state index contributed by atoms with van der Waals surface area (Å²) < 4.78 is 33.1. The molecule has 1 aliphatic heterocycles. The molecule has 2 amide bonds. The average Bonchev–Trinajstić information content (AvgIpc) is 3.12. The van der Waals surface area contributed by atoms with Crippen molar-refractivity contribution in [1.29, 1.82) is 0 Å². The van der Waals surface area contributed by atoms with Gasteiger partial charge in [0.05, 0.1) is 17.7 Å².